The molecule has 0 saturated carbocycles. The van der Waals surface area contributed by atoms with Crippen molar-refractivity contribution in [2.24, 2.45) is 5.92 Å². The topological polar surface area (TPSA) is 115 Å². The summed E-state index contributed by atoms with van der Waals surface area (Å²) in [5.41, 5.74) is -1.44. The van der Waals surface area contributed by atoms with Gasteiger partial charge in [0.25, 0.3) is 0 Å². The zero-order valence-corrected chi connectivity index (χ0v) is 20.1. The van der Waals surface area contributed by atoms with Crippen LogP contribution in [0.1, 0.15) is 53.6 Å². The van der Waals surface area contributed by atoms with Gasteiger partial charge in [0.15, 0.2) is 17.5 Å². The van der Waals surface area contributed by atoms with Gasteiger partial charge in [-0.2, -0.15) is 13.2 Å². The molecule has 0 spiro atoms. The number of hydrogen-bond acceptors (Lipinski definition) is 8. The van der Waals surface area contributed by atoms with Crippen molar-refractivity contribution in [1.82, 2.24) is 5.32 Å². The molecular formula is C23H26F3NO7S. The summed E-state index contributed by atoms with van der Waals surface area (Å²) in [5.74, 6) is -1.94. The molecule has 2 aromatic heterocycles. The maximum Gasteiger partial charge on any atom is 0.422 e. The van der Waals surface area contributed by atoms with Crippen LogP contribution < -0.4 is 15.7 Å². The molecule has 0 aliphatic rings. The summed E-state index contributed by atoms with van der Waals surface area (Å²) >= 11 is 0.969. The second kappa shape index (κ2) is 12.4. The van der Waals surface area contributed by atoms with E-state index in [0.29, 0.717) is 17.7 Å². The molecule has 1 amide bonds. The minimum atomic E-state index is -4.46. The third-order valence-corrected chi connectivity index (χ3v) is 5.94. The van der Waals surface area contributed by atoms with Crippen LogP contribution in [-0.2, 0) is 11.2 Å². The molecule has 35 heavy (non-hydrogen) atoms. The van der Waals surface area contributed by atoms with Crippen molar-refractivity contribution in [2.45, 2.75) is 45.2 Å². The molecule has 192 valence electrons. The number of thiophene rings is 1. The molecule has 0 aliphatic carbocycles. The van der Waals surface area contributed by atoms with E-state index in [4.69, 9.17) is 4.42 Å². The van der Waals surface area contributed by atoms with Gasteiger partial charge < -0.3 is 19.0 Å². The van der Waals surface area contributed by atoms with E-state index in [0.717, 1.165) is 11.3 Å². The third-order valence-electron chi connectivity index (χ3n) is 4.92. The molecule has 0 aromatic carbocycles. The fourth-order valence-electron chi connectivity index (χ4n) is 3.07. The van der Waals surface area contributed by atoms with Crippen molar-refractivity contribution < 1.29 is 41.8 Å². The Balaban J connectivity index is 2.01. The largest absolute Gasteiger partial charge is 0.507 e. The Labute approximate surface area is 203 Å². The summed E-state index contributed by atoms with van der Waals surface area (Å²) < 4.78 is 51.3. The minimum Gasteiger partial charge on any atom is -0.507 e. The van der Waals surface area contributed by atoms with Crippen LogP contribution in [-0.4, -0.2) is 36.9 Å². The van der Waals surface area contributed by atoms with E-state index in [1.165, 1.54) is 25.4 Å². The normalized spacial score (nSPS) is 13.4. The monoisotopic (exact) mass is 517 g/mol. The predicted octanol–water partition coefficient (Wildman–Crippen LogP) is 5.16. The number of aromatic hydroxyl groups is 1. The van der Waals surface area contributed by atoms with Crippen LogP contribution >= 0.6 is 11.3 Å². The van der Waals surface area contributed by atoms with E-state index >= 15 is 0 Å². The average molecular weight is 518 g/mol. The van der Waals surface area contributed by atoms with Crippen LogP contribution in [0.3, 0.4) is 0 Å². The number of alkyl halides is 3. The smallest absolute Gasteiger partial charge is 0.422 e. The lowest BCUT2D eigenvalue weighted by molar-refractivity contribution is -0.152. The lowest BCUT2D eigenvalue weighted by Gasteiger charge is -2.13. The van der Waals surface area contributed by atoms with Crippen molar-refractivity contribution in [3.05, 3.63) is 57.1 Å². The Kier molecular flexibility index (Phi) is 9.93. The Hall–Kier alpha value is -3.28. The standard InChI is InChI=1S/C23H26F3NO7S/c1-13(6-4-5-9-27-22(31)32-3)17-11-16(28)19(21(30)34-17)20(29)14(2)10-15-7-8-18(35-15)33-12-23(24,25)26/h5,7-9,11,13-14,28H,4,6,10,12H2,1-3H3,(H,27,31)/b9-5+. The van der Waals surface area contributed by atoms with Crippen LogP contribution in [0.5, 0.6) is 10.8 Å². The summed E-state index contributed by atoms with van der Waals surface area (Å²) in [6.07, 6.45) is -0.744. The van der Waals surface area contributed by atoms with Gasteiger partial charge in [0.05, 0.1) is 7.11 Å². The number of alkyl carbamates (subject to hydrolysis) is 1. The molecule has 0 fully saturated rings. The molecule has 0 saturated heterocycles. The summed E-state index contributed by atoms with van der Waals surface area (Å²) in [7, 11) is 1.24. The first-order valence-electron chi connectivity index (χ1n) is 10.6. The molecule has 2 rings (SSSR count). The van der Waals surface area contributed by atoms with E-state index in [1.807, 2.05) is 0 Å². The van der Waals surface area contributed by atoms with Gasteiger partial charge in [-0.3, -0.25) is 10.1 Å². The lowest BCUT2D eigenvalue weighted by Crippen LogP contribution is -2.22. The lowest BCUT2D eigenvalue weighted by atomic mass is 9.95. The fourth-order valence-corrected chi connectivity index (χ4v) is 4.05. The van der Waals surface area contributed by atoms with E-state index in [-0.39, 0.29) is 23.2 Å². The zero-order valence-electron chi connectivity index (χ0n) is 19.3. The number of amides is 1. The Morgan fingerprint density at radius 3 is 2.63 bits per heavy atom. The van der Waals surface area contributed by atoms with Crippen molar-refractivity contribution in [1.29, 1.82) is 0 Å². The third kappa shape index (κ3) is 8.78. The molecule has 2 heterocycles. The van der Waals surface area contributed by atoms with Gasteiger partial charge in [0.2, 0.25) is 0 Å². The Morgan fingerprint density at radius 2 is 2.00 bits per heavy atom. The van der Waals surface area contributed by atoms with Crippen molar-refractivity contribution >= 4 is 23.2 Å². The molecule has 8 nitrogen and oxygen atoms in total. The van der Waals surface area contributed by atoms with Gasteiger partial charge >= 0.3 is 17.9 Å². The van der Waals surface area contributed by atoms with E-state index < -0.39 is 47.5 Å². The van der Waals surface area contributed by atoms with Crippen LogP contribution in [0, 0.1) is 5.92 Å². The summed E-state index contributed by atoms with van der Waals surface area (Å²) in [6.45, 7) is 1.91. The SMILES string of the molecule is COC(=O)N/C=C/CCC(C)c1cc(O)c(C(=O)C(C)Cc2ccc(OCC(F)(F)F)s2)c(=O)o1. The molecule has 2 N–H and O–H groups in total. The minimum absolute atomic E-state index is 0.0635. The Bertz CT molecular complexity index is 1110. The van der Waals surface area contributed by atoms with Gasteiger partial charge in [-0.05, 0) is 31.4 Å². The van der Waals surface area contributed by atoms with E-state index in [1.54, 1.807) is 26.0 Å². The number of carbonyl (C=O) groups is 2. The fraction of sp³-hybridized carbons (Fsp3) is 0.435. The predicted molar refractivity (Wildman–Crippen MR) is 122 cm³/mol. The Morgan fingerprint density at radius 1 is 1.29 bits per heavy atom. The molecule has 0 aliphatic heterocycles. The maximum atomic E-state index is 12.8. The first-order chi connectivity index (χ1) is 16.4. The molecule has 12 heteroatoms. The number of hydrogen-bond donors (Lipinski definition) is 2. The number of rotatable bonds is 11. The van der Waals surface area contributed by atoms with E-state index in [2.05, 4.69) is 14.8 Å². The highest BCUT2D eigenvalue weighted by Gasteiger charge is 2.29. The second-order valence-corrected chi connectivity index (χ2v) is 8.94. The van der Waals surface area contributed by atoms with Gasteiger partial charge in [-0.15, -0.1) is 11.3 Å². The molecule has 2 atom stereocenters. The van der Waals surface area contributed by atoms with E-state index in [9.17, 15) is 32.7 Å². The van der Waals surface area contributed by atoms with Crippen LogP contribution in [0.15, 0.2) is 39.7 Å². The van der Waals surface area contributed by atoms with Gasteiger partial charge in [-0.25, -0.2) is 9.59 Å². The molecule has 2 unspecified atom stereocenters. The van der Waals surface area contributed by atoms with Crippen LogP contribution in [0.4, 0.5) is 18.0 Å². The van der Waals surface area contributed by atoms with Gasteiger partial charge in [0.1, 0.15) is 17.1 Å². The van der Waals surface area contributed by atoms with Crippen molar-refractivity contribution in [3.8, 4) is 10.8 Å². The quantitative estimate of drug-likeness (QED) is 0.396. The summed E-state index contributed by atoms with van der Waals surface area (Å²) in [6, 6.07) is 4.16. The molecule has 0 radical (unpaired) electrons. The van der Waals surface area contributed by atoms with Crippen LogP contribution in [0.2, 0.25) is 0 Å². The highest BCUT2D eigenvalue weighted by Crippen LogP contribution is 2.30. The van der Waals surface area contributed by atoms with Crippen LogP contribution in [0.25, 0.3) is 0 Å². The number of ketones is 1. The van der Waals surface area contributed by atoms with Gasteiger partial charge in [0, 0.05) is 29.0 Å². The number of allylic oxidation sites excluding steroid dienone is 1. The highest BCUT2D eigenvalue weighted by atomic mass is 32.1. The second-order valence-electron chi connectivity index (χ2n) is 7.81. The molecular weight excluding hydrogens is 491 g/mol. The first kappa shape index (κ1) is 28.0. The maximum absolute atomic E-state index is 12.8. The number of Topliss-reactive ketones (excluding diaryl/α,β-unsaturated/α-hetero) is 1. The molecule has 0 bridgehead atoms. The number of nitrogens with one attached hydrogen (secondary N) is 1. The number of methoxy groups -OCH3 is 1. The number of halogens is 3. The average Bonchev–Trinajstić information content (AvgIpc) is 3.23. The summed E-state index contributed by atoms with van der Waals surface area (Å²) in [4.78, 5) is 36.9. The number of ether oxygens (including phenoxy) is 2. The first-order valence-corrected chi connectivity index (χ1v) is 11.4. The van der Waals surface area contributed by atoms with Crippen molar-refractivity contribution in [2.75, 3.05) is 13.7 Å². The van der Waals surface area contributed by atoms with Gasteiger partial charge in [-0.1, -0.05) is 19.9 Å². The zero-order chi connectivity index (χ0) is 26.2. The highest BCUT2D eigenvalue weighted by molar-refractivity contribution is 7.13. The van der Waals surface area contributed by atoms with Crippen molar-refractivity contribution in [3.63, 3.8) is 0 Å². The summed E-state index contributed by atoms with van der Waals surface area (Å²) in [5, 5.41) is 12.8. The molecule has 2 aromatic rings. The number of carbonyl (C=O) groups excluding carboxylic acids is 2.